The Bertz CT molecular complexity index is 1280. The largest absolute Gasteiger partial charge is 0.361 e. The molecule has 0 radical (unpaired) electrons. The minimum atomic E-state index is -0.243. The summed E-state index contributed by atoms with van der Waals surface area (Å²) in [6.07, 6.45) is 5.61. The van der Waals surface area contributed by atoms with E-state index in [2.05, 4.69) is 21.4 Å². The van der Waals surface area contributed by atoms with Crippen molar-refractivity contribution in [2.45, 2.75) is 25.8 Å². The van der Waals surface area contributed by atoms with Crippen molar-refractivity contribution in [3.8, 4) is 0 Å². The standard InChI is InChI=1S/C26H24N4O2/c31-25(11-9-19-16-28-23-6-2-1-5-22(19)23)30-14-12-18-8-10-21(15-20(18)17-30)29-26(32)24-7-3-4-13-27-24/h1-8,10,13,15-16,28H,9,11-12,14,17H2,(H,29,32). The normalized spacial score (nSPS) is 13.1. The molecule has 6 nitrogen and oxygen atoms in total. The third-order valence-corrected chi connectivity index (χ3v) is 6.01. The Balaban J connectivity index is 1.24. The lowest BCUT2D eigenvalue weighted by Crippen LogP contribution is -2.36. The number of para-hydroxylation sites is 1. The minimum Gasteiger partial charge on any atom is -0.361 e. The van der Waals surface area contributed by atoms with Crippen molar-refractivity contribution in [1.82, 2.24) is 14.9 Å². The summed E-state index contributed by atoms with van der Waals surface area (Å²) in [5.41, 5.74) is 5.66. The molecule has 0 aliphatic carbocycles. The van der Waals surface area contributed by atoms with Crippen LogP contribution in [0.1, 0.15) is 33.6 Å². The van der Waals surface area contributed by atoms with E-state index in [1.807, 2.05) is 47.5 Å². The highest BCUT2D eigenvalue weighted by Crippen LogP contribution is 2.24. The number of aromatic amines is 1. The molecule has 1 aliphatic rings. The first-order chi connectivity index (χ1) is 15.7. The fourth-order valence-corrected chi connectivity index (χ4v) is 4.28. The summed E-state index contributed by atoms with van der Waals surface area (Å²) in [6.45, 7) is 1.29. The van der Waals surface area contributed by atoms with Crippen LogP contribution in [-0.4, -0.2) is 33.2 Å². The molecule has 0 saturated heterocycles. The molecule has 4 aromatic rings. The van der Waals surface area contributed by atoms with Gasteiger partial charge in [-0.1, -0.05) is 30.3 Å². The number of anilines is 1. The fourth-order valence-electron chi connectivity index (χ4n) is 4.28. The van der Waals surface area contributed by atoms with Crippen LogP contribution in [0.2, 0.25) is 0 Å². The van der Waals surface area contributed by atoms with Crippen LogP contribution in [0.15, 0.2) is 73.1 Å². The predicted octanol–water partition coefficient (Wildman–Crippen LogP) is 4.33. The maximum Gasteiger partial charge on any atom is 0.274 e. The van der Waals surface area contributed by atoms with Gasteiger partial charge in [-0.05, 0) is 59.9 Å². The number of fused-ring (bicyclic) bond motifs is 2. The smallest absolute Gasteiger partial charge is 0.274 e. The zero-order valence-corrected chi connectivity index (χ0v) is 17.7. The van der Waals surface area contributed by atoms with Gasteiger partial charge in [0.05, 0.1) is 0 Å². The lowest BCUT2D eigenvalue weighted by Gasteiger charge is -2.29. The topological polar surface area (TPSA) is 78.1 Å². The number of carbonyl (C=O) groups is 2. The first-order valence-corrected chi connectivity index (χ1v) is 10.8. The van der Waals surface area contributed by atoms with E-state index in [0.717, 1.165) is 24.0 Å². The third-order valence-electron chi connectivity index (χ3n) is 6.01. The average molecular weight is 425 g/mol. The van der Waals surface area contributed by atoms with Crippen LogP contribution < -0.4 is 5.32 Å². The zero-order chi connectivity index (χ0) is 21.9. The zero-order valence-electron chi connectivity index (χ0n) is 17.7. The van der Waals surface area contributed by atoms with Gasteiger partial charge in [-0.15, -0.1) is 0 Å². The molecule has 2 aromatic heterocycles. The van der Waals surface area contributed by atoms with Gasteiger partial charge in [0.1, 0.15) is 5.69 Å². The number of carbonyl (C=O) groups excluding carboxylic acids is 2. The number of rotatable bonds is 5. The van der Waals surface area contributed by atoms with E-state index in [9.17, 15) is 9.59 Å². The Hall–Kier alpha value is -3.93. The molecule has 0 fully saturated rings. The van der Waals surface area contributed by atoms with Crippen LogP contribution in [0.5, 0.6) is 0 Å². The van der Waals surface area contributed by atoms with Crippen LogP contribution in [0.3, 0.4) is 0 Å². The van der Waals surface area contributed by atoms with Gasteiger partial charge >= 0.3 is 0 Å². The molecule has 1 aliphatic heterocycles. The van der Waals surface area contributed by atoms with Crippen LogP contribution >= 0.6 is 0 Å². The van der Waals surface area contributed by atoms with Crippen molar-refractivity contribution in [2.75, 3.05) is 11.9 Å². The lowest BCUT2D eigenvalue weighted by atomic mass is 9.98. The number of aryl methyl sites for hydroxylation is 1. The molecule has 3 heterocycles. The molecule has 0 atom stereocenters. The van der Waals surface area contributed by atoms with Crippen LogP contribution in [0.25, 0.3) is 10.9 Å². The highest BCUT2D eigenvalue weighted by Gasteiger charge is 2.21. The molecule has 2 aromatic carbocycles. The second kappa shape index (κ2) is 8.67. The van der Waals surface area contributed by atoms with E-state index in [1.54, 1.807) is 24.4 Å². The molecule has 2 N–H and O–H groups in total. The van der Waals surface area contributed by atoms with Gasteiger partial charge in [0.25, 0.3) is 5.91 Å². The average Bonchev–Trinajstić information content (AvgIpc) is 3.25. The molecule has 0 bridgehead atoms. The van der Waals surface area contributed by atoms with Gasteiger partial charge in [-0.25, -0.2) is 0 Å². The molecule has 0 saturated carbocycles. The predicted molar refractivity (Wildman–Crippen MR) is 124 cm³/mol. The molecule has 0 spiro atoms. The second-order valence-corrected chi connectivity index (χ2v) is 8.08. The van der Waals surface area contributed by atoms with Gasteiger partial charge in [-0.3, -0.25) is 14.6 Å². The highest BCUT2D eigenvalue weighted by atomic mass is 16.2. The van der Waals surface area contributed by atoms with Crippen molar-refractivity contribution < 1.29 is 9.59 Å². The quantitative estimate of drug-likeness (QED) is 0.500. The SMILES string of the molecule is O=C(Nc1ccc2c(c1)CN(C(=O)CCc1c[nH]c3ccccc13)CC2)c1ccccn1. The Morgan fingerprint density at radius 2 is 1.91 bits per heavy atom. The molecule has 160 valence electrons. The number of hydrogen-bond acceptors (Lipinski definition) is 3. The maximum atomic E-state index is 12.9. The van der Waals surface area contributed by atoms with Gasteiger partial charge in [0.2, 0.25) is 5.91 Å². The number of pyridine rings is 1. The summed E-state index contributed by atoms with van der Waals surface area (Å²) in [6, 6.07) is 19.3. The molecular formula is C26H24N4O2. The number of nitrogens with zero attached hydrogens (tertiary/aromatic N) is 2. The molecule has 5 rings (SSSR count). The molecule has 6 heteroatoms. The summed E-state index contributed by atoms with van der Waals surface area (Å²) >= 11 is 0. The number of benzene rings is 2. The lowest BCUT2D eigenvalue weighted by molar-refractivity contribution is -0.132. The van der Waals surface area contributed by atoms with E-state index >= 15 is 0 Å². The first-order valence-electron chi connectivity index (χ1n) is 10.8. The summed E-state index contributed by atoms with van der Waals surface area (Å²) in [5.74, 6) is -0.0862. The summed E-state index contributed by atoms with van der Waals surface area (Å²) < 4.78 is 0. The Labute approximate surface area is 186 Å². The second-order valence-electron chi connectivity index (χ2n) is 8.08. The van der Waals surface area contributed by atoms with Gasteiger partial charge in [-0.2, -0.15) is 0 Å². The Morgan fingerprint density at radius 1 is 1.03 bits per heavy atom. The minimum absolute atomic E-state index is 0.156. The van der Waals surface area contributed by atoms with Crippen LogP contribution in [-0.2, 0) is 24.2 Å². The number of nitrogens with one attached hydrogen (secondary N) is 2. The molecule has 32 heavy (non-hydrogen) atoms. The van der Waals surface area contributed by atoms with Crippen LogP contribution in [0.4, 0.5) is 5.69 Å². The number of aromatic nitrogens is 2. The van der Waals surface area contributed by atoms with E-state index in [1.165, 1.54) is 16.5 Å². The van der Waals surface area contributed by atoms with Crippen molar-refractivity contribution in [1.29, 1.82) is 0 Å². The van der Waals surface area contributed by atoms with E-state index < -0.39 is 0 Å². The Morgan fingerprint density at radius 3 is 2.78 bits per heavy atom. The molecule has 0 unspecified atom stereocenters. The number of amides is 2. The van der Waals surface area contributed by atoms with Crippen molar-refractivity contribution in [3.05, 3.63) is 95.4 Å². The third kappa shape index (κ3) is 4.12. The van der Waals surface area contributed by atoms with E-state index in [-0.39, 0.29) is 11.8 Å². The summed E-state index contributed by atoms with van der Waals surface area (Å²) in [5, 5.41) is 4.08. The van der Waals surface area contributed by atoms with E-state index in [0.29, 0.717) is 30.8 Å². The van der Waals surface area contributed by atoms with Gasteiger partial charge < -0.3 is 15.2 Å². The van der Waals surface area contributed by atoms with Gasteiger partial charge in [0.15, 0.2) is 0 Å². The van der Waals surface area contributed by atoms with Crippen molar-refractivity contribution in [2.24, 2.45) is 0 Å². The maximum absolute atomic E-state index is 12.9. The Kier molecular flexibility index (Phi) is 5.42. The number of hydrogen-bond donors (Lipinski definition) is 2. The fraction of sp³-hybridized carbons (Fsp3) is 0.192. The van der Waals surface area contributed by atoms with Gasteiger partial charge in [0, 0.05) is 48.5 Å². The van der Waals surface area contributed by atoms with E-state index in [4.69, 9.17) is 0 Å². The van der Waals surface area contributed by atoms with Crippen molar-refractivity contribution >= 4 is 28.4 Å². The summed E-state index contributed by atoms with van der Waals surface area (Å²) in [7, 11) is 0. The first kappa shape index (κ1) is 20.0. The monoisotopic (exact) mass is 424 g/mol. The van der Waals surface area contributed by atoms with Crippen molar-refractivity contribution in [3.63, 3.8) is 0 Å². The summed E-state index contributed by atoms with van der Waals surface area (Å²) in [4.78, 5) is 34.6. The molecular weight excluding hydrogens is 400 g/mol. The number of H-pyrrole nitrogens is 1. The van der Waals surface area contributed by atoms with Crippen LogP contribution in [0, 0.1) is 0 Å². The highest BCUT2D eigenvalue weighted by molar-refractivity contribution is 6.02. The molecule has 2 amide bonds.